The first kappa shape index (κ1) is 13.6. The van der Waals surface area contributed by atoms with Gasteiger partial charge in [0, 0.05) is 32.2 Å². The van der Waals surface area contributed by atoms with Crippen LogP contribution in [0.1, 0.15) is 35.6 Å². The van der Waals surface area contributed by atoms with Crippen LogP contribution in [0, 0.1) is 6.92 Å². The Hall–Kier alpha value is -1.33. The van der Waals surface area contributed by atoms with E-state index in [0.717, 1.165) is 38.1 Å². The molecule has 1 aliphatic heterocycles. The Morgan fingerprint density at radius 2 is 2.00 bits per heavy atom. The molecule has 0 spiro atoms. The summed E-state index contributed by atoms with van der Waals surface area (Å²) in [6.45, 7) is 4.94. The summed E-state index contributed by atoms with van der Waals surface area (Å²) in [5.74, 6) is 1.17. The number of carbonyl (C=O) groups is 1. The van der Waals surface area contributed by atoms with Gasteiger partial charge in [-0.3, -0.25) is 9.69 Å². The molecule has 2 heterocycles. The average molecular weight is 278 g/mol. The highest BCUT2D eigenvalue weighted by atomic mass is 16.3. The van der Waals surface area contributed by atoms with E-state index in [1.54, 1.807) is 6.07 Å². The normalized spacial score (nSPS) is 28.0. The first-order chi connectivity index (χ1) is 9.65. The van der Waals surface area contributed by atoms with Crippen LogP contribution >= 0.6 is 0 Å². The lowest BCUT2D eigenvalue weighted by Crippen LogP contribution is -2.53. The maximum absolute atomic E-state index is 12.3. The van der Waals surface area contributed by atoms with E-state index in [4.69, 9.17) is 4.42 Å². The molecule has 110 valence electrons. The van der Waals surface area contributed by atoms with Crippen LogP contribution in [0.3, 0.4) is 0 Å². The highest BCUT2D eigenvalue weighted by Gasteiger charge is 2.33. The van der Waals surface area contributed by atoms with Gasteiger partial charge in [0.2, 0.25) is 0 Å². The summed E-state index contributed by atoms with van der Waals surface area (Å²) in [7, 11) is 0. The van der Waals surface area contributed by atoms with Crippen LogP contribution in [0.4, 0.5) is 0 Å². The van der Waals surface area contributed by atoms with E-state index < -0.39 is 0 Å². The van der Waals surface area contributed by atoms with Gasteiger partial charge < -0.3 is 14.4 Å². The quantitative estimate of drug-likeness (QED) is 0.885. The average Bonchev–Trinajstić information content (AvgIpc) is 3.07. The first-order valence-corrected chi connectivity index (χ1v) is 7.43. The zero-order valence-electron chi connectivity index (χ0n) is 11.9. The van der Waals surface area contributed by atoms with Gasteiger partial charge in [-0.05, 0) is 38.3 Å². The Kier molecular flexibility index (Phi) is 3.81. The number of aliphatic hydroxyl groups excluding tert-OH is 1. The van der Waals surface area contributed by atoms with Crippen molar-refractivity contribution in [3.05, 3.63) is 23.7 Å². The van der Waals surface area contributed by atoms with Crippen molar-refractivity contribution < 1.29 is 14.3 Å². The summed E-state index contributed by atoms with van der Waals surface area (Å²) >= 11 is 0. The highest BCUT2D eigenvalue weighted by molar-refractivity contribution is 5.91. The zero-order chi connectivity index (χ0) is 14.1. The third kappa shape index (κ3) is 2.60. The topological polar surface area (TPSA) is 56.9 Å². The predicted molar refractivity (Wildman–Crippen MR) is 74.6 cm³/mol. The lowest BCUT2D eigenvalue weighted by Gasteiger charge is -2.38. The van der Waals surface area contributed by atoms with Crippen molar-refractivity contribution in [1.29, 1.82) is 0 Å². The summed E-state index contributed by atoms with van der Waals surface area (Å²) in [5.41, 5.74) is 0. The van der Waals surface area contributed by atoms with Gasteiger partial charge in [0.15, 0.2) is 5.76 Å². The number of aliphatic hydroxyl groups is 1. The van der Waals surface area contributed by atoms with Crippen molar-refractivity contribution in [2.24, 2.45) is 0 Å². The van der Waals surface area contributed by atoms with Crippen LogP contribution in [-0.2, 0) is 0 Å². The molecule has 20 heavy (non-hydrogen) atoms. The minimum atomic E-state index is -0.190. The van der Waals surface area contributed by atoms with E-state index in [9.17, 15) is 9.90 Å². The zero-order valence-corrected chi connectivity index (χ0v) is 11.9. The number of carbonyl (C=O) groups excluding carboxylic acids is 1. The largest absolute Gasteiger partial charge is 0.456 e. The van der Waals surface area contributed by atoms with Gasteiger partial charge in [0.1, 0.15) is 5.76 Å². The summed E-state index contributed by atoms with van der Waals surface area (Å²) in [4.78, 5) is 16.4. The van der Waals surface area contributed by atoms with E-state index >= 15 is 0 Å². The molecule has 1 aromatic heterocycles. The molecular weight excluding hydrogens is 256 g/mol. The molecule has 2 fully saturated rings. The third-order valence-electron chi connectivity index (χ3n) is 4.47. The van der Waals surface area contributed by atoms with Crippen molar-refractivity contribution >= 4 is 5.91 Å². The van der Waals surface area contributed by atoms with Crippen molar-refractivity contribution in [3.63, 3.8) is 0 Å². The summed E-state index contributed by atoms with van der Waals surface area (Å²) in [5, 5.41) is 9.96. The first-order valence-electron chi connectivity index (χ1n) is 7.43. The second kappa shape index (κ2) is 5.58. The van der Waals surface area contributed by atoms with Crippen LogP contribution in [-0.4, -0.2) is 59.1 Å². The van der Waals surface area contributed by atoms with Crippen LogP contribution in [0.2, 0.25) is 0 Å². The summed E-state index contributed by atoms with van der Waals surface area (Å²) < 4.78 is 5.40. The van der Waals surface area contributed by atoms with E-state index in [1.165, 1.54) is 0 Å². The molecular formula is C15H22N2O3. The van der Waals surface area contributed by atoms with Gasteiger partial charge in [-0.15, -0.1) is 0 Å². The molecule has 0 bridgehead atoms. The van der Waals surface area contributed by atoms with Gasteiger partial charge in [0.25, 0.3) is 5.91 Å². The number of aryl methyl sites for hydroxylation is 1. The van der Waals surface area contributed by atoms with E-state index in [1.807, 2.05) is 17.9 Å². The number of piperazine rings is 1. The van der Waals surface area contributed by atoms with Crippen molar-refractivity contribution in [1.82, 2.24) is 9.80 Å². The Labute approximate surface area is 119 Å². The third-order valence-corrected chi connectivity index (χ3v) is 4.47. The smallest absolute Gasteiger partial charge is 0.289 e. The molecule has 1 aromatic rings. The standard InChI is InChI=1S/C15H22N2O3/c1-11-5-6-14(20-11)15(19)17-9-7-16(8-10-17)12-3-2-4-13(12)18/h5-6,12-13,18H,2-4,7-10H2,1H3/t12-,13+/m1/s1. The van der Waals surface area contributed by atoms with Crippen LogP contribution < -0.4 is 0 Å². The fourth-order valence-electron chi connectivity index (χ4n) is 3.31. The van der Waals surface area contributed by atoms with E-state index in [-0.39, 0.29) is 18.1 Å². The van der Waals surface area contributed by atoms with Crippen molar-refractivity contribution in [2.45, 2.75) is 38.3 Å². The maximum atomic E-state index is 12.3. The molecule has 2 aliphatic rings. The second-order valence-electron chi connectivity index (χ2n) is 5.80. The molecule has 0 unspecified atom stereocenters. The van der Waals surface area contributed by atoms with Crippen LogP contribution in [0.25, 0.3) is 0 Å². The Morgan fingerprint density at radius 3 is 2.55 bits per heavy atom. The molecule has 5 nitrogen and oxygen atoms in total. The molecule has 0 radical (unpaired) electrons. The Morgan fingerprint density at radius 1 is 1.25 bits per heavy atom. The number of nitrogens with zero attached hydrogens (tertiary/aromatic N) is 2. The van der Waals surface area contributed by atoms with E-state index in [0.29, 0.717) is 18.8 Å². The second-order valence-corrected chi connectivity index (χ2v) is 5.80. The number of hydrogen-bond donors (Lipinski definition) is 1. The molecule has 1 amide bonds. The number of hydrogen-bond acceptors (Lipinski definition) is 4. The number of furan rings is 1. The lowest BCUT2D eigenvalue weighted by molar-refractivity contribution is 0.0301. The fourth-order valence-corrected chi connectivity index (χ4v) is 3.31. The SMILES string of the molecule is Cc1ccc(C(=O)N2CCN([C@@H]3CCC[C@@H]3O)CC2)o1. The molecule has 5 heteroatoms. The lowest BCUT2D eigenvalue weighted by atomic mass is 10.1. The molecule has 1 N–H and O–H groups in total. The van der Waals surface area contributed by atoms with Crippen LogP contribution in [0.5, 0.6) is 0 Å². The van der Waals surface area contributed by atoms with Gasteiger partial charge in [-0.1, -0.05) is 0 Å². The molecule has 1 saturated heterocycles. The molecule has 3 rings (SSSR count). The fraction of sp³-hybridized carbons (Fsp3) is 0.667. The maximum Gasteiger partial charge on any atom is 0.289 e. The van der Waals surface area contributed by atoms with Crippen molar-refractivity contribution in [3.8, 4) is 0 Å². The van der Waals surface area contributed by atoms with Gasteiger partial charge in [-0.2, -0.15) is 0 Å². The monoisotopic (exact) mass is 278 g/mol. The number of rotatable bonds is 2. The molecule has 1 saturated carbocycles. The highest BCUT2D eigenvalue weighted by Crippen LogP contribution is 2.25. The molecule has 1 aliphatic carbocycles. The van der Waals surface area contributed by atoms with Gasteiger partial charge >= 0.3 is 0 Å². The van der Waals surface area contributed by atoms with Crippen LogP contribution in [0.15, 0.2) is 16.5 Å². The predicted octanol–water partition coefficient (Wildman–Crippen LogP) is 1.26. The Balaban J connectivity index is 1.57. The molecule has 2 atom stereocenters. The minimum absolute atomic E-state index is 0.0234. The Bertz CT molecular complexity index is 477. The minimum Gasteiger partial charge on any atom is -0.456 e. The van der Waals surface area contributed by atoms with Gasteiger partial charge in [0.05, 0.1) is 6.10 Å². The molecule has 0 aromatic carbocycles. The van der Waals surface area contributed by atoms with Gasteiger partial charge in [-0.25, -0.2) is 0 Å². The summed E-state index contributed by atoms with van der Waals surface area (Å²) in [6, 6.07) is 3.85. The number of amides is 1. The summed E-state index contributed by atoms with van der Waals surface area (Å²) in [6.07, 6.45) is 2.91. The van der Waals surface area contributed by atoms with Crippen molar-refractivity contribution in [2.75, 3.05) is 26.2 Å². The van der Waals surface area contributed by atoms with E-state index in [2.05, 4.69) is 4.90 Å².